The van der Waals surface area contributed by atoms with E-state index in [2.05, 4.69) is 0 Å². The van der Waals surface area contributed by atoms with Gasteiger partial charge in [-0.2, -0.15) is 39.5 Å². The number of benzene rings is 2. The summed E-state index contributed by atoms with van der Waals surface area (Å²) in [6.07, 6.45) is -17.0. The molecular weight excluding hydrogens is 563 g/mol. The standard InChI is InChI=1S/C25H21F9N2O4/c1-40-22(39)35(11-12-6-15(24(29,30)31)8-16(7-12)25(32,33)34)20-10-19(13-2-3-13)36(21(37)38)18-5-4-14(9-17(18)20)23(26,27)28/h4-9,13,19-20H,2-3,10-11H2,1H3,(H,37,38)/t19-,20-/m0/s1. The van der Waals surface area contributed by atoms with Gasteiger partial charge < -0.3 is 9.84 Å². The van der Waals surface area contributed by atoms with E-state index in [1.807, 2.05) is 0 Å². The summed E-state index contributed by atoms with van der Waals surface area (Å²) in [5.74, 6) is -0.209. The van der Waals surface area contributed by atoms with E-state index in [1.54, 1.807) is 0 Å². The summed E-state index contributed by atoms with van der Waals surface area (Å²) in [5.41, 5.74) is -5.54. The first-order valence-electron chi connectivity index (χ1n) is 11.8. The minimum Gasteiger partial charge on any atom is -0.465 e. The van der Waals surface area contributed by atoms with Crippen molar-refractivity contribution in [1.82, 2.24) is 4.90 Å². The van der Waals surface area contributed by atoms with Crippen molar-refractivity contribution in [3.05, 3.63) is 64.2 Å². The Balaban J connectivity index is 1.87. The molecule has 2 aliphatic rings. The number of hydrogen-bond donors (Lipinski definition) is 1. The van der Waals surface area contributed by atoms with E-state index in [1.165, 1.54) is 0 Å². The van der Waals surface area contributed by atoms with Gasteiger partial charge in [0.05, 0.1) is 35.5 Å². The number of carbonyl (C=O) groups excluding carboxylic acids is 1. The minimum atomic E-state index is -5.18. The zero-order valence-electron chi connectivity index (χ0n) is 20.5. The Labute approximate surface area is 220 Å². The summed E-state index contributed by atoms with van der Waals surface area (Å²) in [5, 5.41) is 9.88. The molecule has 40 heavy (non-hydrogen) atoms. The number of hydrogen-bond acceptors (Lipinski definition) is 3. The van der Waals surface area contributed by atoms with Crippen molar-refractivity contribution in [2.45, 2.75) is 56.4 Å². The van der Waals surface area contributed by atoms with Gasteiger partial charge in [0.25, 0.3) is 0 Å². The van der Waals surface area contributed by atoms with Crippen LogP contribution in [0.2, 0.25) is 0 Å². The highest BCUT2D eigenvalue weighted by atomic mass is 19.4. The second-order valence-corrected chi connectivity index (χ2v) is 9.59. The van der Waals surface area contributed by atoms with Crippen LogP contribution in [-0.2, 0) is 29.8 Å². The van der Waals surface area contributed by atoms with Gasteiger partial charge in [-0.25, -0.2) is 9.59 Å². The molecule has 1 heterocycles. The number of amides is 2. The Morgan fingerprint density at radius 3 is 1.90 bits per heavy atom. The largest absolute Gasteiger partial charge is 0.465 e. The van der Waals surface area contributed by atoms with E-state index in [-0.39, 0.29) is 29.7 Å². The van der Waals surface area contributed by atoms with E-state index < -0.39 is 71.6 Å². The third-order valence-corrected chi connectivity index (χ3v) is 6.93. The molecule has 2 aromatic carbocycles. The topological polar surface area (TPSA) is 70.1 Å². The zero-order chi connectivity index (χ0) is 29.8. The van der Waals surface area contributed by atoms with Crippen LogP contribution in [0.5, 0.6) is 0 Å². The second kappa shape index (κ2) is 10.1. The lowest BCUT2D eigenvalue weighted by atomic mass is 9.86. The number of nitrogens with zero attached hydrogens (tertiary/aromatic N) is 2. The quantitative estimate of drug-likeness (QED) is 0.374. The first-order valence-corrected chi connectivity index (χ1v) is 11.8. The lowest BCUT2D eigenvalue weighted by molar-refractivity contribution is -0.143. The second-order valence-electron chi connectivity index (χ2n) is 9.59. The summed E-state index contributed by atoms with van der Waals surface area (Å²) >= 11 is 0. The average molecular weight is 584 g/mol. The molecule has 0 aromatic heterocycles. The van der Waals surface area contributed by atoms with E-state index in [0.717, 1.165) is 23.0 Å². The summed E-state index contributed by atoms with van der Waals surface area (Å²) < 4.78 is 126. The van der Waals surface area contributed by atoms with E-state index >= 15 is 0 Å². The molecular formula is C25H21F9N2O4. The van der Waals surface area contributed by atoms with Crippen molar-refractivity contribution >= 4 is 17.9 Å². The van der Waals surface area contributed by atoms with Crippen LogP contribution in [0.3, 0.4) is 0 Å². The fraction of sp³-hybridized carbons (Fsp3) is 0.440. The first-order chi connectivity index (χ1) is 18.4. The van der Waals surface area contributed by atoms with Crippen molar-refractivity contribution in [3.63, 3.8) is 0 Å². The smallest absolute Gasteiger partial charge is 0.416 e. The molecule has 2 atom stereocenters. The number of methoxy groups -OCH3 is 1. The fourth-order valence-electron chi connectivity index (χ4n) is 5.01. The van der Waals surface area contributed by atoms with Gasteiger partial charge in [-0.3, -0.25) is 9.80 Å². The SMILES string of the molecule is COC(=O)N(Cc1cc(C(F)(F)F)cc(C(F)(F)F)c1)[C@H]1C[C@@H](C2CC2)N(C(=O)O)c2ccc(C(F)(F)F)cc21. The van der Waals surface area contributed by atoms with Gasteiger partial charge in [0.1, 0.15) is 0 Å². The van der Waals surface area contributed by atoms with Crippen LogP contribution in [0, 0.1) is 5.92 Å². The first kappa shape index (κ1) is 29.3. The third kappa shape index (κ3) is 5.92. The summed E-state index contributed by atoms with van der Waals surface area (Å²) in [4.78, 5) is 26.7. The lowest BCUT2D eigenvalue weighted by Crippen LogP contribution is -2.49. The Bertz CT molecular complexity index is 1270. The van der Waals surface area contributed by atoms with Crippen molar-refractivity contribution < 1.29 is 58.9 Å². The Morgan fingerprint density at radius 2 is 1.45 bits per heavy atom. The van der Waals surface area contributed by atoms with Crippen LogP contribution in [-0.4, -0.2) is 35.3 Å². The molecule has 4 rings (SSSR count). The number of carboxylic acid groups (broad SMARTS) is 1. The van der Waals surface area contributed by atoms with Crippen LogP contribution in [0.15, 0.2) is 36.4 Å². The molecule has 1 fully saturated rings. The molecule has 0 saturated heterocycles. The van der Waals surface area contributed by atoms with Crippen LogP contribution in [0.4, 0.5) is 54.8 Å². The zero-order valence-corrected chi connectivity index (χ0v) is 20.5. The van der Waals surface area contributed by atoms with E-state index in [9.17, 15) is 54.2 Å². The van der Waals surface area contributed by atoms with E-state index in [0.29, 0.717) is 37.1 Å². The molecule has 1 N–H and O–H groups in total. The van der Waals surface area contributed by atoms with Gasteiger partial charge in [0, 0.05) is 12.6 Å². The maximum atomic E-state index is 13.6. The molecule has 1 aliphatic carbocycles. The normalized spacial score (nSPS) is 19.7. The number of rotatable bonds is 4. The average Bonchev–Trinajstić information content (AvgIpc) is 3.69. The molecule has 218 valence electrons. The molecule has 1 saturated carbocycles. The van der Waals surface area contributed by atoms with Gasteiger partial charge in [-0.15, -0.1) is 0 Å². The summed E-state index contributed by atoms with van der Waals surface area (Å²) in [6, 6.07) is 0.752. The van der Waals surface area contributed by atoms with Gasteiger partial charge in [-0.1, -0.05) is 0 Å². The maximum Gasteiger partial charge on any atom is 0.416 e. The van der Waals surface area contributed by atoms with Crippen LogP contribution in [0.1, 0.15) is 53.1 Å². The maximum absolute atomic E-state index is 13.6. The van der Waals surface area contributed by atoms with E-state index in [4.69, 9.17) is 4.74 Å². The highest BCUT2D eigenvalue weighted by Gasteiger charge is 2.47. The number of halogens is 9. The molecule has 0 radical (unpaired) electrons. The predicted molar refractivity (Wildman–Crippen MR) is 120 cm³/mol. The number of ether oxygens (including phenoxy) is 1. The van der Waals surface area contributed by atoms with Crippen LogP contribution in [0.25, 0.3) is 0 Å². The number of anilines is 1. The minimum absolute atomic E-state index is 0.0919. The van der Waals surface area contributed by atoms with Crippen molar-refractivity contribution in [2.24, 2.45) is 5.92 Å². The molecule has 0 spiro atoms. The summed E-state index contributed by atoms with van der Waals surface area (Å²) in [7, 11) is 0.889. The third-order valence-electron chi connectivity index (χ3n) is 6.93. The fourth-order valence-corrected chi connectivity index (χ4v) is 5.01. The molecule has 2 aromatic rings. The van der Waals surface area contributed by atoms with Crippen LogP contribution < -0.4 is 4.90 Å². The number of fused-ring (bicyclic) bond motifs is 1. The van der Waals surface area contributed by atoms with Crippen molar-refractivity contribution in [2.75, 3.05) is 12.0 Å². The Kier molecular flexibility index (Phi) is 7.39. The predicted octanol–water partition coefficient (Wildman–Crippen LogP) is 7.72. The van der Waals surface area contributed by atoms with Gasteiger partial charge in [-0.05, 0) is 72.7 Å². The molecule has 1 aliphatic heterocycles. The van der Waals surface area contributed by atoms with Crippen LogP contribution >= 0.6 is 0 Å². The van der Waals surface area contributed by atoms with Gasteiger partial charge >= 0.3 is 30.7 Å². The number of alkyl halides is 9. The monoisotopic (exact) mass is 584 g/mol. The molecule has 15 heteroatoms. The molecule has 2 amide bonds. The molecule has 0 bridgehead atoms. The highest BCUT2D eigenvalue weighted by Crippen LogP contribution is 2.50. The van der Waals surface area contributed by atoms with Gasteiger partial charge in [0.2, 0.25) is 0 Å². The van der Waals surface area contributed by atoms with Gasteiger partial charge in [0.15, 0.2) is 0 Å². The Hall–Kier alpha value is -3.65. The number of carbonyl (C=O) groups is 2. The molecule has 0 unspecified atom stereocenters. The Morgan fingerprint density at radius 1 is 0.900 bits per heavy atom. The highest BCUT2D eigenvalue weighted by molar-refractivity contribution is 5.89. The van der Waals surface area contributed by atoms with Crippen molar-refractivity contribution in [3.8, 4) is 0 Å². The molecule has 6 nitrogen and oxygen atoms in total. The van der Waals surface area contributed by atoms with Crippen molar-refractivity contribution in [1.29, 1.82) is 0 Å². The summed E-state index contributed by atoms with van der Waals surface area (Å²) in [6.45, 7) is -0.898. The lowest BCUT2D eigenvalue weighted by Gasteiger charge is -2.43.